The molecule has 0 aliphatic carbocycles. The van der Waals surface area contributed by atoms with Gasteiger partial charge in [0.15, 0.2) is 0 Å². The summed E-state index contributed by atoms with van der Waals surface area (Å²) in [5.41, 5.74) is 0.772. The zero-order valence-electron chi connectivity index (χ0n) is 10.5. The number of carbonyl (C=O) groups is 1. The molecule has 1 aromatic rings. The first-order valence-electron chi connectivity index (χ1n) is 5.77. The van der Waals surface area contributed by atoms with Gasteiger partial charge < -0.3 is 15.1 Å². The van der Waals surface area contributed by atoms with Crippen LogP contribution in [0, 0.1) is 0 Å². The van der Waals surface area contributed by atoms with Crippen LogP contribution in [0.1, 0.15) is 25.0 Å². The Morgan fingerprint density at radius 3 is 2.44 bits per heavy atom. The highest BCUT2D eigenvalue weighted by molar-refractivity contribution is 6.30. The molecule has 0 heterocycles. The molecule has 0 bridgehead atoms. The standard InChI is InChI=1S/C13H18ClNO3/c1-9(15(2)8-7-12(16)17)13(18)10-3-5-11(14)6-4-10/h3-6,9,13,18H,7-8H2,1-2H3,(H,16,17). The van der Waals surface area contributed by atoms with Gasteiger partial charge >= 0.3 is 5.97 Å². The highest BCUT2D eigenvalue weighted by atomic mass is 35.5. The molecule has 0 saturated heterocycles. The van der Waals surface area contributed by atoms with E-state index in [0.717, 1.165) is 5.56 Å². The molecule has 100 valence electrons. The summed E-state index contributed by atoms with van der Waals surface area (Å²) >= 11 is 5.79. The first-order valence-corrected chi connectivity index (χ1v) is 6.15. The van der Waals surface area contributed by atoms with E-state index in [1.54, 1.807) is 31.3 Å². The Balaban J connectivity index is 2.62. The van der Waals surface area contributed by atoms with Crippen molar-refractivity contribution in [3.63, 3.8) is 0 Å². The molecule has 2 unspecified atom stereocenters. The number of hydrogen-bond donors (Lipinski definition) is 2. The van der Waals surface area contributed by atoms with Crippen LogP contribution in [0.2, 0.25) is 5.02 Å². The second-order valence-corrected chi connectivity index (χ2v) is 4.80. The topological polar surface area (TPSA) is 60.8 Å². The van der Waals surface area contributed by atoms with E-state index in [-0.39, 0.29) is 12.5 Å². The minimum atomic E-state index is -0.838. The molecule has 0 amide bonds. The number of rotatable bonds is 6. The fraction of sp³-hybridized carbons (Fsp3) is 0.462. The van der Waals surface area contributed by atoms with Crippen LogP contribution >= 0.6 is 11.6 Å². The molecule has 2 N–H and O–H groups in total. The molecule has 1 rings (SSSR count). The summed E-state index contributed by atoms with van der Waals surface area (Å²) in [7, 11) is 1.80. The molecule has 18 heavy (non-hydrogen) atoms. The van der Waals surface area contributed by atoms with Crippen molar-refractivity contribution in [2.24, 2.45) is 0 Å². The zero-order chi connectivity index (χ0) is 13.7. The smallest absolute Gasteiger partial charge is 0.304 e. The summed E-state index contributed by atoms with van der Waals surface area (Å²) < 4.78 is 0. The van der Waals surface area contributed by atoms with Gasteiger partial charge in [-0.3, -0.25) is 4.79 Å². The predicted octanol–water partition coefficient (Wildman–Crippen LogP) is 2.17. The van der Waals surface area contributed by atoms with E-state index in [2.05, 4.69) is 0 Å². The molecule has 0 fully saturated rings. The van der Waals surface area contributed by atoms with E-state index in [9.17, 15) is 9.90 Å². The Morgan fingerprint density at radius 1 is 1.39 bits per heavy atom. The van der Waals surface area contributed by atoms with Crippen molar-refractivity contribution >= 4 is 17.6 Å². The average Bonchev–Trinajstić information content (AvgIpc) is 2.35. The zero-order valence-corrected chi connectivity index (χ0v) is 11.3. The maximum absolute atomic E-state index is 10.5. The van der Waals surface area contributed by atoms with Gasteiger partial charge in [0, 0.05) is 17.6 Å². The van der Waals surface area contributed by atoms with Gasteiger partial charge in [0.05, 0.1) is 12.5 Å². The lowest BCUT2D eigenvalue weighted by Gasteiger charge is -2.28. The molecule has 0 aromatic heterocycles. The lowest BCUT2D eigenvalue weighted by Crippen LogP contribution is -2.35. The summed E-state index contributed by atoms with van der Waals surface area (Å²) in [5, 5.41) is 19.4. The summed E-state index contributed by atoms with van der Waals surface area (Å²) in [6.45, 7) is 2.27. The normalized spacial score (nSPS) is 14.5. The van der Waals surface area contributed by atoms with Gasteiger partial charge in [-0.25, -0.2) is 0 Å². The van der Waals surface area contributed by atoms with Crippen LogP contribution in [-0.4, -0.2) is 40.7 Å². The molecule has 0 spiro atoms. The molecular weight excluding hydrogens is 254 g/mol. The highest BCUT2D eigenvalue weighted by Gasteiger charge is 2.20. The lowest BCUT2D eigenvalue weighted by atomic mass is 10.0. The molecule has 0 radical (unpaired) electrons. The van der Waals surface area contributed by atoms with Crippen LogP contribution in [0.4, 0.5) is 0 Å². The van der Waals surface area contributed by atoms with Crippen molar-refractivity contribution in [3.8, 4) is 0 Å². The fourth-order valence-electron chi connectivity index (χ4n) is 1.66. The second kappa shape index (κ2) is 6.73. The largest absolute Gasteiger partial charge is 0.481 e. The van der Waals surface area contributed by atoms with E-state index in [1.165, 1.54) is 0 Å². The van der Waals surface area contributed by atoms with Gasteiger partial charge in [0.25, 0.3) is 0 Å². The van der Waals surface area contributed by atoms with Gasteiger partial charge in [0.2, 0.25) is 0 Å². The third-order valence-electron chi connectivity index (χ3n) is 3.04. The minimum Gasteiger partial charge on any atom is -0.481 e. The predicted molar refractivity (Wildman–Crippen MR) is 70.8 cm³/mol. The average molecular weight is 272 g/mol. The van der Waals surface area contributed by atoms with Crippen LogP contribution in [-0.2, 0) is 4.79 Å². The van der Waals surface area contributed by atoms with E-state index in [1.807, 2.05) is 11.8 Å². The number of halogens is 1. The maximum Gasteiger partial charge on any atom is 0.304 e. The Hall–Kier alpha value is -1.10. The first kappa shape index (κ1) is 15.0. The van der Waals surface area contributed by atoms with Gasteiger partial charge in [0.1, 0.15) is 0 Å². The Bertz CT molecular complexity index is 394. The number of benzene rings is 1. The Labute approximate surface area is 112 Å². The summed E-state index contributed by atoms with van der Waals surface area (Å²) in [6.07, 6.45) is -0.602. The van der Waals surface area contributed by atoms with Crippen LogP contribution < -0.4 is 0 Å². The van der Waals surface area contributed by atoms with E-state index in [4.69, 9.17) is 16.7 Å². The molecule has 5 heteroatoms. The number of carboxylic acids is 1. The summed E-state index contributed by atoms with van der Waals surface area (Å²) in [4.78, 5) is 12.3. The number of likely N-dealkylation sites (N-methyl/N-ethyl adjacent to an activating group) is 1. The van der Waals surface area contributed by atoms with Gasteiger partial charge in [-0.1, -0.05) is 23.7 Å². The van der Waals surface area contributed by atoms with E-state index < -0.39 is 12.1 Å². The quantitative estimate of drug-likeness (QED) is 0.832. The second-order valence-electron chi connectivity index (χ2n) is 4.36. The molecule has 4 nitrogen and oxygen atoms in total. The van der Waals surface area contributed by atoms with Crippen LogP contribution in [0.25, 0.3) is 0 Å². The third kappa shape index (κ3) is 4.29. The monoisotopic (exact) mass is 271 g/mol. The molecular formula is C13H18ClNO3. The number of hydrogen-bond acceptors (Lipinski definition) is 3. The van der Waals surface area contributed by atoms with Crippen molar-refractivity contribution in [1.82, 2.24) is 4.90 Å². The maximum atomic E-state index is 10.5. The van der Waals surface area contributed by atoms with Crippen molar-refractivity contribution in [1.29, 1.82) is 0 Å². The number of aliphatic hydroxyl groups excluding tert-OH is 1. The lowest BCUT2D eigenvalue weighted by molar-refractivity contribution is -0.137. The Morgan fingerprint density at radius 2 is 1.94 bits per heavy atom. The van der Waals surface area contributed by atoms with Crippen molar-refractivity contribution in [2.45, 2.75) is 25.5 Å². The number of nitrogens with zero attached hydrogens (tertiary/aromatic N) is 1. The molecule has 0 saturated carbocycles. The van der Waals surface area contributed by atoms with Crippen molar-refractivity contribution in [3.05, 3.63) is 34.9 Å². The number of carboxylic acid groups (broad SMARTS) is 1. The molecule has 2 atom stereocenters. The van der Waals surface area contributed by atoms with Crippen molar-refractivity contribution < 1.29 is 15.0 Å². The summed E-state index contributed by atoms with van der Waals surface area (Å²) in [6, 6.07) is 6.84. The number of aliphatic carboxylic acids is 1. The summed E-state index contributed by atoms with van der Waals surface area (Å²) in [5.74, 6) is -0.838. The van der Waals surface area contributed by atoms with Crippen LogP contribution in [0.5, 0.6) is 0 Å². The van der Waals surface area contributed by atoms with Gasteiger partial charge in [-0.2, -0.15) is 0 Å². The highest BCUT2D eigenvalue weighted by Crippen LogP contribution is 2.21. The van der Waals surface area contributed by atoms with Gasteiger partial charge in [-0.15, -0.1) is 0 Å². The van der Waals surface area contributed by atoms with E-state index in [0.29, 0.717) is 11.6 Å². The van der Waals surface area contributed by atoms with Crippen LogP contribution in [0.3, 0.4) is 0 Å². The Kier molecular flexibility index (Phi) is 5.59. The number of aliphatic hydroxyl groups is 1. The van der Waals surface area contributed by atoms with Crippen LogP contribution in [0.15, 0.2) is 24.3 Å². The van der Waals surface area contributed by atoms with E-state index >= 15 is 0 Å². The van der Waals surface area contributed by atoms with Crippen molar-refractivity contribution in [2.75, 3.05) is 13.6 Å². The SMILES string of the molecule is CC(C(O)c1ccc(Cl)cc1)N(C)CCC(=O)O. The minimum absolute atomic E-state index is 0.0637. The molecule has 0 aliphatic rings. The van der Waals surface area contributed by atoms with Gasteiger partial charge in [-0.05, 0) is 31.7 Å². The fourth-order valence-corrected chi connectivity index (χ4v) is 1.78. The first-order chi connectivity index (χ1) is 8.41. The third-order valence-corrected chi connectivity index (χ3v) is 3.29. The molecule has 1 aromatic carbocycles. The molecule has 0 aliphatic heterocycles.